The lowest BCUT2D eigenvalue weighted by atomic mass is 10.2. The minimum Gasteiger partial charge on any atom is -0.497 e. The van der Waals surface area contributed by atoms with Crippen LogP contribution in [0.25, 0.3) is 11.4 Å². The van der Waals surface area contributed by atoms with Gasteiger partial charge in [0.25, 0.3) is 0 Å². The van der Waals surface area contributed by atoms with E-state index >= 15 is 0 Å². The Labute approximate surface area is 98.7 Å². The SMILES string of the molecule is COc1cc(F)cc(-c2ncc(C3CC3)[nH]2)c1. The molecule has 1 aromatic heterocycles. The normalized spacial score (nSPS) is 14.9. The molecule has 1 heterocycles. The van der Waals surface area contributed by atoms with Crippen molar-refractivity contribution < 1.29 is 9.13 Å². The van der Waals surface area contributed by atoms with Crippen LogP contribution in [0.3, 0.4) is 0 Å². The van der Waals surface area contributed by atoms with Crippen LogP contribution < -0.4 is 4.74 Å². The van der Waals surface area contributed by atoms with E-state index in [1.807, 2.05) is 6.20 Å². The maximum absolute atomic E-state index is 13.4. The predicted molar refractivity (Wildman–Crippen MR) is 62.5 cm³/mol. The molecule has 0 atom stereocenters. The molecular weight excluding hydrogens is 219 g/mol. The van der Waals surface area contributed by atoms with Gasteiger partial charge in [-0.15, -0.1) is 0 Å². The zero-order valence-corrected chi connectivity index (χ0v) is 9.53. The standard InChI is InChI=1S/C13H13FN2O/c1-17-11-5-9(4-10(14)6-11)13-15-7-12(16-13)8-2-3-8/h4-8H,2-3H2,1H3,(H,15,16). The number of hydrogen-bond donors (Lipinski definition) is 1. The van der Waals surface area contributed by atoms with Crippen molar-refractivity contribution in [3.8, 4) is 17.1 Å². The molecule has 1 aromatic carbocycles. The van der Waals surface area contributed by atoms with Gasteiger partial charge in [0.05, 0.1) is 7.11 Å². The van der Waals surface area contributed by atoms with Crippen LogP contribution >= 0.6 is 0 Å². The van der Waals surface area contributed by atoms with Crippen LogP contribution in [0, 0.1) is 5.82 Å². The lowest BCUT2D eigenvalue weighted by Crippen LogP contribution is -1.88. The minimum atomic E-state index is -0.316. The van der Waals surface area contributed by atoms with Crippen molar-refractivity contribution >= 4 is 0 Å². The van der Waals surface area contributed by atoms with Gasteiger partial charge < -0.3 is 9.72 Å². The number of methoxy groups -OCH3 is 1. The zero-order chi connectivity index (χ0) is 11.8. The molecular formula is C13H13FN2O. The molecule has 0 bridgehead atoms. The highest BCUT2D eigenvalue weighted by atomic mass is 19.1. The van der Waals surface area contributed by atoms with Crippen molar-refractivity contribution in [3.63, 3.8) is 0 Å². The number of H-pyrrole nitrogens is 1. The molecule has 0 unspecified atom stereocenters. The fourth-order valence-electron chi connectivity index (χ4n) is 1.90. The van der Waals surface area contributed by atoms with Crippen molar-refractivity contribution in [1.82, 2.24) is 9.97 Å². The second kappa shape index (κ2) is 3.87. The molecule has 88 valence electrons. The Bertz CT molecular complexity index is 546. The highest BCUT2D eigenvalue weighted by molar-refractivity contribution is 5.58. The Morgan fingerprint density at radius 2 is 2.18 bits per heavy atom. The average Bonchev–Trinajstić information content (AvgIpc) is 3.06. The van der Waals surface area contributed by atoms with Crippen LogP contribution in [0.2, 0.25) is 0 Å². The van der Waals surface area contributed by atoms with Gasteiger partial charge in [-0.05, 0) is 25.0 Å². The van der Waals surface area contributed by atoms with E-state index in [9.17, 15) is 4.39 Å². The summed E-state index contributed by atoms with van der Waals surface area (Å²) in [5, 5.41) is 0. The van der Waals surface area contributed by atoms with Crippen LogP contribution in [0.15, 0.2) is 24.4 Å². The van der Waals surface area contributed by atoms with E-state index in [1.165, 1.54) is 32.1 Å². The van der Waals surface area contributed by atoms with Gasteiger partial charge in [0.1, 0.15) is 17.4 Å². The first-order valence-electron chi connectivity index (χ1n) is 5.66. The van der Waals surface area contributed by atoms with Gasteiger partial charge in [-0.25, -0.2) is 9.37 Å². The number of ether oxygens (including phenoxy) is 1. The van der Waals surface area contributed by atoms with Gasteiger partial charge in [0.15, 0.2) is 0 Å². The van der Waals surface area contributed by atoms with Gasteiger partial charge in [-0.1, -0.05) is 0 Å². The summed E-state index contributed by atoms with van der Waals surface area (Å²) in [5.41, 5.74) is 1.86. The van der Waals surface area contributed by atoms with Crippen molar-refractivity contribution in [2.24, 2.45) is 0 Å². The molecule has 3 nitrogen and oxygen atoms in total. The summed E-state index contributed by atoms with van der Waals surface area (Å²) < 4.78 is 18.4. The molecule has 17 heavy (non-hydrogen) atoms. The maximum atomic E-state index is 13.4. The Hall–Kier alpha value is -1.84. The van der Waals surface area contributed by atoms with E-state index in [2.05, 4.69) is 9.97 Å². The van der Waals surface area contributed by atoms with Crippen LogP contribution in [-0.2, 0) is 0 Å². The number of imidazole rings is 1. The third-order valence-corrected chi connectivity index (χ3v) is 2.99. The number of halogens is 1. The molecule has 0 amide bonds. The molecule has 0 radical (unpaired) electrons. The van der Waals surface area contributed by atoms with E-state index in [4.69, 9.17) is 4.74 Å². The van der Waals surface area contributed by atoms with Gasteiger partial charge in [-0.3, -0.25) is 0 Å². The van der Waals surface area contributed by atoms with Gasteiger partial charge in [-0.2, -0.15) is 0 Å². The third-order valence-electron chi connectivity index (χ3n) is 2.99. The molecule has 0 saturated heterocycles. The van der Waals surface area contributed by atoms with Crippen molar-refractivity contribution in [3.05, 3.63) is 35.9 Å². The Kier molecular flexibility index (Phi) is 2.35. The molecule has 1 saturated carbocycles. The second-order valence-electron chi connectivity index (χ2n) is 4.34. The fourth-order valence-corrected chi connectivity index (χ4v) is 1.90. The number of rotatable bonds is 3. The molecule has 0 aliphatic heterocycles. The summed E-state index contributed by atoms with van der Waals surface area (Å²) in [4.78, 5) is 7.52. The molecule has 0 spiro atoms. The smallest absolute Gasteiger partial charge is 0.137 e. The summed E-state index contributed by atoms with van der Waals surface area (Å²) in [5.74, 6) is 1.50. The minimum absolute atomic E-state index is 0.316. The predicted octanol–water partition coefficient (Wildman–Crippen LogP) is 3.10. The monoisotopic (exact) mass is 232 g/mol. The second-order valence-corrected chi connectivity index (χ2v) is 4.34. The fraction of sp³-hybridized carbons (Fsp3) is 0.308. The van der Waals surface area contributed by atoms with E-state index in [1.54, 1.807) is 6.07 Å². The number of nitrogens with one attached hydrogen (secondary N) is 1. The zero-order valence-electron chi connectivity index (χ0n) is 9.53. The van der Waals surface area contributed by atoms with Gasteiger partial charge in [0, 0.05) is 29.4 Å². The Morgan fingerprint density at radius 1 is 1.35 bits per heavy atom. The molecule has 2 aromatic rings. The summed E-state index contributed by atoms with van der Waals surface area (Å²) in [6.45, 7) is 0. The molecule has 1 N–H and O–H groups in total. The topological polar surface area (TPSA) is 37.9 Å². The lowest BCUT2D eigenvalue weighted by molar-refractivity contribution is 0.411. The number of nitrogens with zero attached hydrogens (tertiary/aromatic N) is 1. The van der Waals surface area contributed by atoms with Crippen LogP contribution in [0.1, 0.15) is 24.5 Å². The first kappa shape index (κ1) is 10.3. The highest BCUT2D eigenvalue weighted by Gasteiger charge is 2.25. The number of hydrogen-bond acceptors (Lipinski definition) is 2. The lowest BCUT2D eigenvalue weighted by Gasteiger charge is -2.03. The van der Waals surface area contributed by atoms with Crippen LogP contribution in [0.4, 0.5) is 4.39 Å². The van der Waals surface area contributed by atoms with Gasteiger partial charge in [0.2, 0.25) is 0 Å². The molecule has 4 heteroatoms. The van der Waals surface area contributed by atoms with Crippen molar-refractivity contribution in [2.45, 2.75) is 18.8 Å². The van der Waals surface area contributed by atoms with E-state index in [-0.39, 0.29) is 5.82 Å². The third kappa shape index (κ3) is 2.02. The number of benzene rings is 1. The highest BCUT2D eigenvalue weighted by Crippen LogP contribution is 2.39. The maximum Gasteiger partial charge on any atom is 0.137 e. The van der Waals surface area contributed by atoms with E-state index in [0.29, 0.717) is 23.1 Å². The first-order chi connectivity index (χ1) is 8.26. The number of aromatic amines is 1. The Morgan fingerprint density at radius 3 is 2.88 bits per heavy atom. The van der Waals surface area contributed by atoms with E-state index < -0.39 is 0 Å². The Balaban J connectivity index is 1.98. The summed E-state index contributed by atoms with van der Waals surface area (Å²) in [6, 6.07) is 4.59. The van der Waals surface area contributed by atoms with Crippen molar-refractivity contribution in [1.29, 1.82) is 0 Å². The van der Waals surface area contributed by atoms with Crippen molar-refractivity contribution in [2.75, 3.05) is 7.11 Å². The van der Waals surface area contributed by atoms with Crippen LogP contribution in [-0.4, -0.2) is 17.1 Å². The quantitative estimate of drug-likeness (QED) is 0.883. The first-order valence-corrected chi connectivity index (χ1v) is 5.66. The average molecular weight is 232 g/mol. The van der Waals surface area contributed by atoms with Crippen LogP contribution in [0.5, 0.6) is 5.75 Å². The molecule has 1 fully saturated rings. The summed E-state index contributed by atoms with van der Waals surface area (Å²) in [6.07, 6.45) is 4.27. The molecule has 1 aliphatic carbocycles. The molecule has 1 aliphatic rings. The van der Waals surface area contributed by atoms with Gasteiger partial charge >= 0.3 is 0 Å². The summed E-state index contributed by atoms with van der Waals surface area (Å²) in [7, 11) is 1.52. The summed E-state index contributed by atoms with van der Waals surface area (Å²) >= 11 is 0. The molecule has 3 rings (SSSR count). The number of aromatic nitrogens is 2. The largest absolute Gasteiger partial charge is 0.497 e. The van der Waals surface area contributed by atoms with E-state index in [0.717, 1.165) is 5.69 Å².